The van der Waals surface area contributed by atoms with Gasteiger partial charge in [-0.25, -0.2) is 13.2 Å². The number of halogens is 3. The van der Waals surface area contributed by atoms with Crippen molar-refractivity contribution in [2.45, 2.75) is 33.2 Å². The minimum absolute atomic E-state index is 0.00912. The van der Waals surface area contributed by atoms with Gasteiger partial charge in [-0.05, 0) is 43.8 Å². The topological polar surface area (TPSA) is 84.9 Å². The normalized spacial score (nSPS) is 13.1. The molecule has 7 nitrogen and oxygen atoms in total. The second kappa shape index (κ2) is 13.1. The maximum Gasteiger partial charge on any atom is 0.256 e. The van der Waals surface area contributed by atoms with E-state index in [1.807, 2.05) is 18.7 Å². The number of nitrogens with zero attached hydrogens (tertiary/aromatic N) is 2. The monoisotopic (exact) mass is 494 g/mol. The summed E-state index contributed by atoms with van der Waals surface area (Å²) in [6.07, 6.45) is 0.250. The second-order valence-corrected chi connectivity index (χ2v) is 8.14. The van der Waals surface area contributed by atoms with Gasteiger partial charge in [0, 0.05) is 32.6 Å². The lowest BCUT2D eigenvalue weighted by molar-refractivity contribution is -0.123. The molecule has 3 N–H and O–H groups in total. The number of aliphatic hydroxyl groups excluding tert-OH is 1. The summed E-state index contributed by atoms with van der Waals surface area (Å²) >= 11 is 0. The number of hydrogen-bond donors (Lipinski definition) is 3. The summed E-state index contributed by atoms with van der Waals surface area (Å²) in [5.74, 6) is -3.84. The Balaban J connectivity index is 0.00000210. The molecule has 3 rings (SSSR count). The molecule has 0 saturated carbocycles. The summed E-state index contributed by atoms with van der Waals surface area (Å²) < 4.78 is 42.7. The van der Waals surface area contributed by atoms with E-state index in [1.54, 1.807) is 20.0 Å². The van der Waals surface area contributed by atoms with Crippen molar-refractivity contribution >= 4 is 23.2 Å². The zero-order valence-electron chi connectivity index (χ0n) is 20.5. The van der Waals surface area contributed by atoms with Crippen LogP contribution in [-0.4, -0.2) is 72.6 Å². The standard InChI is InChI=1S/C23H27F3N4O3.C2H6/c1-14-3-6-19(18(25)11-14)28-22-16(4-5-17(24)21(22)26)23(33)30-12-15(13-30)27-20(32)7-8-29(2)9-10-31;1-2/h3-6,11,15,28,31H,7-10,12-13H2,1-2H3,(H,27,32);1-2H3. The molecule has 10 heteroatoms. The highest BCUT2D eigenvalue weighted by atomic mass is 19.2. The maximum absolute atomic E-state index is 14.6. The molecule has 192 valence electrons. The molecule has 1 heterocycles. The number of carbonyl (C=O) groups is 2. The molecular formula is C25H33F3N4O3. The Kier molecular flexibility index (Phi) is 10.5. The van der Waals surface area contributed by atoms with Gasteiger partial charge in [-0.1, -0.05) is 19.9 Å². The predicted octanol–water partition coefficient (Wildman–Crippen LogP) is 3.44. The molecule has 0 spiro atoms. The fourth-order valence-corrected chi connectivity index (χ4v) is 3.49. The average molecular weight is 495 g/mol. The molecule has 0 unspecified atom stereocenters. The molecule has 35 heavy (non-hydrogen) atoms. The molecule has 0 bridgehead atoms. The van der Waals surface area contributed by atoms with Crippen LogP contribution in [0.25, 0.3) is 0 Å². The van der Waals surface area contributed by atoms with Crippen molar-refractivity contribution in [1.82, 2.24) is 15.1 Å². The van der Waals surface area contributed by atoms with Crippen LogP contribution in [0.3, 0.4) is 0 Å². The van der Waals surface area contributed by atoms with Crippen LogP contribution >= 0.6 is 0 Å². The lowest BCUT2D eigenvalue weighted by Crippen LogP contribution is -2.61. The Morgan fingerprint density at radius 1 is 1.09 bits per heavy atom. The Labute approximate surface area is 203 Å². The molecule has 0 radical (unpaired) electrons. The SMILES string of the molecule is CC.Cc1ccc(Nc2c(C(=O)N3CC(NC(=O)CCN(C)CCO)C3)ccc(F)c2F)c(F)c1. The van der Waals surface area contributed by atoms with Gasteiger partial charge in [0.15, 0.2) is 11.6 Å². The summed E-state index contributed by atoms with van der Waals surface area (Å²) in [5.41, 5.74) is -0.00622. The van der Waals surface area contributed by atoms with Crippen molar-refractivity contribution in [3.8, 4) is 0 Å². The Morgan fingerprint density at radius 3 is 2.40 bits per heavy atom. The highest BCUT2D eigenvalue weighted by molar-refractivity contribution is 6.01. The molecule has 2 amide bonds. The zero-order valence-corrected chi connectivity index (χ0v) is 20.5. The number of aliphatic hydroxyl groups is 1. The first kappa shape index (κ1) is 28.1. The number of aryl methyl sites for hydroxylation is 1. The minimum atomic E-state index is -1.28. The van der Waals surface area contributed by atoms with Gasteiger partial charge in [-0.2, -0.15) is 0 Å². The summed E-state index contributed by atoms with van der Waals surface area (Å²) in [7, 11) is 1.79. The summed E-state index contributed by atoms with van der Waals surface area (Å²) in [6.45, 7) is 7.09. The van der Waals surface area contributed by atoms with E-state index < -0.39 is 29.0 Å². The Morgan fingerprint density at radius 2 is 1.77 bits per heavy atom. The first-order valence-corrected chi connectivity index (χ1v) is 11.6. The van der Waals surface area contributed by atoms with Crippen molar-refractivity contribution in [2.24, 2.45) is 0 Å². The van der Waals surface area contributed by atoms with Crippen LogP contribution < -0.4 is 10.6 Å². The molecular weight excluding hydrogens is 461 g/mol. The summed E-state index contributed by atoms with van der Waals surface area (Å²) in [4.78, 5) is 28.2. The Bertz CT molecular complexity index is 1030. The zero-order chi connectivity index (χ0) is 26.1. The molecule has 0 aliphatic carbocycles. The summed E-state index contributed by atoms with van der Waals surface area (Å²) in [5, 5.41) is 14.2. The number of likely N-dealkylation sites (tertiary alicyclic amines) is 1. The van der Waals surface area contributed by atoms with Gasteiger partial charge in [0.2, 0.25) is 5.91 Å². The fourth-order valence-electron chi connectivity index (χ4n) is 3.49. The van der Waals surface area contributed by atoms with Gasteiger partial charge in [-0.15, -0.1) is 0 Å². The Hall–Kier alpha value is -3.11. The van der Waals surface area contributed by atoms with E-state index in [2.05, 4.69) is 10.6 Å². The number of hydrogen-bond acceptors (Lipinski definition) is 5. The van der Waals surface area contributed by atoms with Gasteiger partial charge in [0.25, 0.3) is 5.91 Å². The third kappa shape index (κ3) is 7.43. The number of amides is 2. The highest BCUT2D eigenvalue weighted by Gasteiger charge is 2.34. The number of carbonyl (C=O) groups excluding carboxylic acids is 2. The van der Waals surface area contributed by atoms with Gasteiger partial charge < -0.3 is 25.5 Å². The average Bonchev–Trinajstić information content (AvgIpc) is 2.80. The minimum Gasteiger partial charge on any atom is -0.395 e. The van der Waals surface area contributed by atoms with Crippen molar-refractivity contribution in [2.75, 3.05) is 45.2 Å². The van der Waals surface area contributed by atoms with Crippen molar-refractivity contribution < 1.29 is 27.9 Å². The van der Waals surface area contributed by atoms with Crippen LogP contribution in [0.1, 0.15) is 36.2 Å². The number of nitrogens with one attached hydrogen (secondary N) is 2. The number of likely N-dealkylation sites (N-methyl/N-ethyl adjacent to an activating group) is 1. The number of rotatable bonds is 9. The van der Waals surface area contributed by atoms with Crippen LogP contribution in [0.4, 0.5) is 24.5 Å². The summed E-state index contributed by atoms with van der Waals surface area (Å²) in [6, 6.07) is 5.98. The van der Waals surface area contributed by atoms with E-state index in [0.717, 1.165) is 12.1 Å². The van der Waals surface area contributed by atoms with Gasteiger partial charge in [0.1, 0.15) is 5.82 Å². The van der Waals surface area contributed by atoms with E-state index in [1.165, 1.54) is 17.0 Å². The van der Waals surface area contributed by atoms with Gasteiger partial charge >= 0.3 is 0 Å². The van der Waals surface area contributed by atoms with E-state index in [4.69, 9.17) is 5.11 Å². The molecule has 1 fully saturated rings. The van der Waals surface area contributed by atoms with E-state index in [-0.39, 0.29) is 49.3 Å². The highest BCUT2D eigenvalue weighted by Crippen LogP contribution is 2.30. The molecule has 0 atom stereocenters. The third-order valence-electron chi connectivity index (χ3n) is 5.45. The molecule has 1 saturated heterocycles. The van der Waals surface area contributed by atoms with Crippen LogP contribution in [0, 0.1) is 24.4 Å². The van der Waals surface area contributed by atoms with E-state index >= 15 is 0 Å². The predicted molar refractivity (Wildman–Crippen MR) is 129 cm³/mol. The van der Waals surface area contributed by atoms with Crippen molar-refractivity contribution in [3.05, 3.63) is 58.9 Å². The first-order chi connectivity index (χ1) is 16.7. The molecule has 2 aromatic carbocycles. The smallest absolute Gasteiger partial charge is 0.256 e. The third-order valence-corrected chi connectivity index (χ3v) is 5.45. The molecule has 2 aromatic rings. The lowest BCUT2D eigenvalue weighted by Gasteiger charge is -2.40. The molecule has 1 aliphatic heterocycles. The first-order valence-electron chi connectivity index (χ1n) is 11.6. The second-order valence-electron chi connectivity index (χ2n) is 8.14. The van der Waals surface area contributed by atoms with Crippen LogP contribution in [0.5, 0.6) is 0 Å². The fraction of sp³-hybridized carbons (Fsp3) is 0.440. The number of benzene rings is 2. The van der Waals surface area contributed by atoms with Gasteiger partial charge in [-0.3, -0.25) is 9.59 Å². The molecule has 1 aliphatic rings. The van der Waals surface area contributed by atoms with Gasteiger partial charge in [0.05, 0.1) is 29.6 Å². The molecule has 0 aromatic heterocycles. The van der Waals surface area contributed by atoms with E-state index in [9.17, 15) is 22.8 Å². The van der Waals surface area contributed by atoms with Crippen molar-refractivity contribution in [1.29, 1.82) is 0 Å². The lowest BCUT2D eigenvalue weighted by atomic mass is 10.0. The van der Waals surface area contributed by atoms with Crippen LogP contribution in [0.2, 0.25) is 0 Å². The van der Waals surface area contributed by atoms with Crippen LogP contribution in [0.15, 0.2) is 30.3 Å². The largest absolute Gasteiger partial charge is 0.395 e. The maximum atomic E-state index is 14.6. The number of anilines is 2. The van der Waals surface area contributed by atoms with Crippen LogP contribution in [-0.2, 0) is 4.79 Å². The van der Waals surface area contributed by atoms with Crippen molar-refractivity contribution in [3.63, 3.8) is 0 Å². The quantitative estimate of drug-likeness (QED) is 0.498. The van der Waals surface area contributed by atoms with E-state index in [0.29, 0.717) is 18.7 Å².